The maximum atomic E-state index is 13.3. The van der Waals surface area contributed by atoms with Gasteiger partial charge in [0.1, 0.15) is 12.2 Å². The number of benzene rings is 2. The number of carbonyl (C=O) groups excluding carboxylic acids is 2. The van der Waals surface area contributed by atoms with Crippen LogP contribution in [-0.4, -0.2) is 61.1 Å². The molecule has 0 bridgehead atoms. The molecule has 2 saturated heterocycles. The highest BCUT2D eigenvalue weighted by Crippen LogP contribution is 2.33. The van der Waals surface area contributed by atoms with Crippen LogP contribution >= 0.6 is 0 Å². The maximum Gasteiger partial charge on any atom is 0.338 e. The molecule has 0 spiro atoms. The Labute approximate surface area is 223 Å². The highest BCUT2D eigenvalue weighted by molar-refractivity contribution is 5.90. The van der Waals surface area contributed by atoms with E-state index in [-0.39, 0.29) is 13.2 Å². The van der Waals surface area contributed by atoms with Crippen molar-refractivity contribution in [3.8, 4) is 0 Å². The topological polar surface area (TPSA) is 89.5 Å². The molecule has 0 unspecified atom stereocenters. The van der Waals surface area contributed by atoms with E-state index in [0.717, 1.165) is 11.1 Å². The van der Waals surface area contributed by atoms with Gasteiger partial charge in [-0.3, -0.25) is 0 Å². The van der Waals surface area contributed by atoms with Crippen LogP contribution in [0.25, 0.3) is 12.2 Å². The number of rotatable bonds is 9. The number of carbonyl (C=O) groups is 2. The molecule has 8 heteroatoms. The first-order valence-electron chi connectivity index (χ1n) is 12.5. The summed E-state index contributed by atoms with van der Waals surface area (Å²) in [6, 6.07) is 13.6. The molecule has 8 nitrogen and oxygen atoms in total. The zero-order valence-electron chi connectivity index (χ0n) is 22.2. The summed E-state index contributed by atoms with van der Waals surface area (Å²) in [6.07, 6.45) is -0.200. The van der Waals surface area contributed by atoms with Crippen LogP contribution in [0, 0.1) is 0 Å². The van der Waals surface area contributed by atoms with Crippen molar-refractivity contribution in [2.45, 2.75) is 63.7 Å². The second kappa shape index (κ2) is 11.2. The predicted molar refractivity (Wildman–Crippen MR) is 141 cm³/mol. The van der Waals surface area contributed by atoms with Gasteiger partial charge >= 0.3 is 11.9 Å². The van der Waals surface area contributed by atoms with E-state index >= 15 is 0 Å². The maximum absolute atomic E-state index is 13.3. The third kappa shape index (κ3) is 6.57. The molecule has 38 heavy (non-hydrogen) atoms. The Morgan fingerprint density at radius 3 is 1.34 bits per heavy atom. The minimum absolute atomic E-state index is 0.124. The molecule has 2 aliphatic heterocycles. The zero-order valence-corrected chi connectivity index (χ0v) is 22.2. The summed E-state index contributed by atoms with van der Waals surface area (Å²) in [5.74, 6) is -3.04. The van der Waals surface area contributed by atoms with Crippen molar-refractivity contribution in [1.29, 1.82) is 0 Å². The van der Waals surface area contributed by atoms with Gasteiger partial charge in [0.15, 0.2) is 23.8 Å². The van der Waals surface area contributed by atoms with Gasteiger partial charge in [-0.25, -0.2) is 9.59 Å². The first kappa shape index (κ1) is 27.7. The van der Waals surface area contributed by atoms with Crippen LogP contribution in [0.5, 0.6) is 0 Å². The normalized spacial score (nSPS) is 23.3. The Balaban J connectivity index is 1.66. The molecule has 4 rings (SSSR count). The average Bonchev–Trinajstić information content (AvgIpc) is 3.46. The fraction of sp³-hybridized carbons (Fsp3) is 0.400. The van der Waals surface area contributed by atoms with E-state index in [9.17, 15) is 9.59 Å². The molecule has 0 N–H and O–H groups in total. The SMILES string of the molecule is C=Cc1ccc(C(=O)O[C@H]([C@@H](OC(=O)c2ccc(C=C)cc2)[C@H]2COC(C)(C)O2)[C@H]2COC(C)(C)O2)cc1. The molecule has 2 aromatic rings. The van der Waals surface area contributed by atoms with Gasteiger partial charge in [-0.15, -0.1) is 0 Å². The Bertz CT molecular complexity index is 1070. The van der Waals surface area contributed by atoms with Crippen molar-refractivity contribution in [3.05, 3.63) is 83.9 Å². The lowest BCUT2D eigenvalue weighted by Gasteiger charge is -2.33. The minimum Gasteiger partial charge on any atom is -0.452 e. The van der Waals surface area contributed by atoms with Crippen LogP contribution in [0.3, 0.4) is 0 Å². The number of hydrogen-bond donors (Lipinski definition) is 0. The van der Waals surface area contributed by atoms with Gasteiger partial charge in [0.25, 0.3) is 0 Å². The van der Waals surface area contributed by atoms with Crippen molar-refractivity contribution < 1.29 is 38.0 Å². The molecular weight excluding hydrogens is 488 g/mol. The van der Waals surface area contributed by atoms with Crippen LogP contribution in [-0.2, 0) is 28.4 Å². The van der Waals surface area contributed by atoms with Gasteiger partial charge in [-0.1, -0.05) is 49.6 Å². The molecule has 202 valence electrons. The first-order chi connectivity index (χ1) is 18.0. The van der Waals surface area contributed by atoms with Gasteiger partial charge in [0.05, 0.1) is 24.3 Å². The summed E-state index contributed by atoms with van der Waals surface area (Å²) in [6.45, 7) is 14.8. The Kier molecular flexibility index (Phi) is 8.18. The van der Waals surface area contributed by atoms with Gasteiger partial charge in [-0.2, -0.15) is 0 Å². The second-order valence-electron chi connectivity index (χ2n) is 10.1. The largest absolute Gasteiger partial charge is 0.452 e. The van der Waals surface area contributed by atoms with Crippen LogP contribution in [0.1, 0.15) is 59.5 Å². The van der Waals surface area contributed by atoms with Crippen molar-refractivity contribution in [2.24, 2.45) is 0 Å². The summed E-state index contributed by atoms with van der Waals surface area (Å²) in [5.41, 5.74) is 2.38. The van der Waals surface area contributed by atoms with Crippen LogP contribution in [0.2, 0.25) is 0 Å². The van der Waals surface area contributed by atoms with Gasteiger partial charge in [0, 0.05) is 0 Å². The van der Waals surface area contributed by atoms with Gasteiger partial charge in [0.2, 0.25) is 0 Å². The van der Waals surface area contributed by atoms with Crippen LogP contribution < -0.4 is 0 Å². The summed E-state index contributed by atoms with van der Waals surface area (Å²) in [7, 11) is 0. The lowest BCUT2D eigenvalue weighted by Crippen LogP contribution is -2.51. The van der Waals surface area contributed by atoms with Gasteiger partial charge in [-0.05, 0) is 63.1 Å². The van der Waals surface area contributed by atoms with Crippen molar-refractivity contribution >= 4 is 24.1 Å². The Morgan fingerprint density at radius 2 is 1.08 bits per heavy atom. The standard InChI is InChI=1S/C30H34O8/c1-7-19-9-13-21(14-10-19)27(31)35-25(23-17-33-29(3,4)37-23)26(24-18-34-30(5,6)38-24)36-28(32)22-15-11-20(8-2)12-16-22/h7-16,23-26H,1-2,17-18H2,3-6H3/t23-,24-,25+,26+/m1/s1. The number of esters is 2. The third-order valence-corrected chi connectivity index (χ3v) is 6.37. The molecule has 4 atom stereocenters. The van der Waals surface area contributed by atoms with Crippen LogP contribution in [0.15, 0.2) is 61.7 Å². The van der Waals surface area contributed by atoms with E-state index in [1.54, 1.807) is 88.4 Å². The van der Waals surface area contributed by atoms with Crippen molar-refractivity contribution in [1.82, 2.24) is 0 Å². The molecule has 0 aliphatic carbocycles. The van der Waals surface area contributed by atoms with Crippen LogP contribution in [0.4, 0.5) is 0 Å². The highest BCUT2D eigenvalue weighted by atomic mass is 16.8. The molecule has 2 heterocycles. The zero-order chi connectivity index (χ0) is 27.5. The molecule has 2 aromatic carbocycles. The van der Waals surface area contributed by atoms with E-state index in [0.29, 0.717) is 11.1 Å². The number of ether oxygens (including phenoxy) is 6. The summed E-state index contributed by atoms with van der Waals surface area (Å²) in [5, 5.41) is 0. The summed E-state index contributed by atoms with van der Waals surface area (Å²) >= 11 is 0. The smallest absolute Gasteiger partial charge is 0.338 e. The second-order valence-corrected chi connectivity index (χ2v) is 10.1. The van der Waals surface area contributed by atoms with E-state index in [1.807, 2.05) is 0 Å². The molecule has 2 fully saturated rings. The van der Waals surface area contributed by atoms with Gasteiger partial charge < -0.3 is 28.4 Å². The molecule has 0 radical (unpaired) electrons. The first-order valence-corrected chi connectivity index (χ1v) is 12.5. The molecule has 0 saturated carbocycles. The third-order valence-electron chi connectivity index (χ3n) is 6.37. The molecular formula is C30H34O8. The number of hydrogen-bond acceptors (Lipinski definition) is 8. The van der Waals surface area contributed by atoms with Crippen molar-refractivity contribution in [3.63, 3.8) is 0 Å². The van der Waals surface area contributed by atoms with E-state index < -0.39 is 47.9 Å². The minimum atomic E-state index is -1.05. The Hall–Kier alpha value is -3.30. The monoisotopic (exact) mass is 522 g/mol. The van der Waals surface area contributed by atoms with E-state index in [2.05, 4.69) is 13.2 Å². The van der Waals surface area contributed by atoms with E-state index in [1.165, 1.54) is 0 Å². The molecule has 0 amide bonds. The summed E-state index contributed by atoms with van der Waals surface area (Å²) in [4.78, 5) is 26.6. The molecule has 0 aromatic heterocycles. The highest BCUT2D eigenvalue weighted by Gasteiger charge is 2.50. The predicted octanol–water partition coefficient (Wildman–Crippen LogP) is 5.03. The van der Waals surface area contributed by atoms with E-state index in [4.69, 9.17) is 28.4 Å². The Morgan fingerprint density at radius 1 is 0.737 bits per heavy atom. The fourth-order valence-electron chi connectivity index (χ4n) is 4.36. The molecule has 2 aliphatic rings. The lowest BCUT2D eigenvalue weighted by atomic mass is 10.0. The average molecular weight is 523 g/mol. The lowest BCUT2D eigenvalue weighted by molar-refractivity contribution is -0.185. The fourth-order valence-corrected chi connectivity index (χ4v) is 4.36. The summed E-state index contributed by atoms with van der Waals surface area (Å²) < 4.78 is 35.7. The quantitative estimate of drug-likeness (QED) is 0.424. The van der Waals surface area contributed by atoms with Crippen molar-refractivity contribution in [2.75, 3.05) is 13.2 Å².